The first-order valence-corrected chi connectivity index (χ1v) is 5.65. The Bertz CT molecular complexity index is 210. The first kappa shape index (κ1) is 14.6. The van der Waals surface area contributed by atoms with Crippen LogP contribution in [0.15, 0.2) is 0 Å². The molecule has 0 rings (SSSR count). The quantitative estimate of drug-likeness (QED) is 0.460. The molecule has 3 N–H and O–H groups in total. The molecule has 0 spiro atoms. The van der Waals surface area contributed by atoms with Crippen molar-refractivity contribution in [1.82, 2.24) is 0 Å². The van der Waals surface area contributed by atoms with E-state index in [-0.39, 0.29) is 23.0 Å². The number of nitrogens with one attached hydrogen (secondary N) is 1. The van der Waals surface area contributed by atoms with E-state index < -0.39 is 3.79 Å². The van der Waals surface area contributed by atoms with E-state index in [1.807, 2.05) is 13.8 Å². The average molecular weight is 280 g/mol. The van der Waals surface area contributed by atoms with Gasteiger partial charge in [0.1, 0.15) is 0 Å². The van der Waals surface area contributed by atoms with Gasteiger partial charge in [0.15, 0.2) is 3.79 Å². The maximum absolute atomic E-state index is 7.19. The molecule has 0 aromatic rings. The highest BCUT2D eigenvalue weighted by atomic mass is 35.6. The average Bonchev–Trinajstić information content (AvgIpc) is 1.79. The van der Waals surface area contributed by atoms with Gasteiger partial charge in [-0.1, -0.05) is 48.7 Å². The van der Waals surface area contributed by atoms with Crippen molar-refractivity contribution in [1.29, 1.82) is 5.41 Å². The Kier molecular flexibility index (Phi) is 5.34. The molecule has 0 heterocycles. The number of nitrogens with two attached hydrogens (primary N) is 1. The van der Waals surface area contributed by atoms with Crippen LogP contribution in [0.2, 0.25) is 0 Å². The summed E-state index contributed by atoms with van der Waals surface area (Å²) in [6, 6.07) is 0. The third kappa shape index (κ3) is 6.18. The maximum Gasteiger partial charge on any atom is 0.192 e. The molecule has 14 heavy (non-hydrogen) atoms. The molecule has 0 radical (unpaired) electrons. The zero-order valence-electron chi connectivity index (χ0n) is 8.08. The number of hydrogen-bond donors (Lipinski definition) is 2. The number of rotatable bonds is 4. The Balaban J connectivity index is 4.35. The van der Waals surface area contributed by atoms with Gasteiger partial charge in [-0.05, 0) is 5.41 Å². The molecule has 0 saturated carbocycles. The van der Waals surface area contributed by atoms with E-state index in [4.69, 9.17) is 57.5 Å². The third-order valence-electron chi connectivity index (χ3n) is 1.90. The van der Waals surface area contributed by atoms with Gasteiger partial charge in [-0.2, -0.15) is 0 Å². The number of halogens is 4. The normalized spacial score (nSPS) is 15.3. The van der Waals surface area contributed by atoms with Crippen molar-refractivity contribution in [2.45, 2.75) is 35.9 Å². The lowest BCUT2D eigenvalue weighted by Gasteiger charge is -2.31. The molecule has 0 aromatic heterocycles. The summed E-state index contributed by atoms with van der Waals surface area (Å²) >= 11 is 23.0. The monoisotopic (exact) mass is 278 g/mol. The number of amidine groups is 1. The summed E-state index contributed by atoms with van der Waals surface area (Å²) < 4.78 is -1.36. The van der Waals surface area contributed by atoms with Crippen LogP contribution in [0.25, 0.3) is 0 Å². The molecular formula is C8H14Cl4N2. The second-order valence-corrected chi connectivity index (χ2v) is 7.02. The minimum absolute atomic E-state index is 0.0879. The van der Waals surface area contributed by atoms with Crippen LogP contribution >= 0.6 is 46.4 Å². The van der Waals surface area contributed by atoms with E-state index in [0.717, 1.165) is 0 Å². The molecule has 0 fully saturated rings. The summed E-state index contributed by atoms with van der Waals surface area (Å²) in [5.74, 6) is 0.0879. The Labute approximate surface area is 105 Å². The highest BCUT2D eigenvalue weighted by Gasteiger charge is 2.34. The lowest BCUT2D eigenvalue weighted by Crippen LogP contribution is -2.32. The van der Waals surface area contributed by atoms with Crippen molar-refractivity contribution < 1.29 is 0 Å². The summed E-state index contributed by atoms with van der Waals surface area (Å²) in [6.45, 7) is 3.78. The van der Waals surface area contributed by atoms with Gasteiger partial charge < -0.3 is 5.73 Å². The second kappa shape index (κ2) is 5.11. The molecule has 0 amide bonds. The van der Waals surface area contributed by atoms with Gasteiger partial charge >= 0.3 is 0 Å². The fourth-order valence-electron chi connectivity index (χ4n) is 1.08. The summed E-state index contributed by atoms with van der Waals surface area (Å²) in [4.78, 5) is 0. The number of alkyl halides is 4. The van der Waals surface area contributed by atoms with Gasteiger partial charge in [0.2, 0.25) is 0 Å². The molecule has 0 bridgehead atoms. The van der Waals surface area contributed by atoms with Crippen LogP contribution in [0.3, 0.4) is 0 Å². The van der Waals surface area contributed by atoms with Crippen LogP contribution in [0, 0.1) is 10.8 Å². The molecule has 1 atom stereocenters. The van der Waals surface area contributed by atoms with E-state index in [1.165, 1.54) is 0 Å². The van der Waals surface area contributed by atoms with E-state index >= 15 is 0 Å². The summed E-state index contributed by atoms with van der Waals surface area (Å²) in [7, 11) is 0. The molecule has 0 aliphatic rings. The van der Waals surface area contributed by atoms with Crippen molar-refractivity contribution in [3.63, 3.8) is 0 Å². The predicted molar refractivity (Wildman–Crippen MR) is 64.9 cm³/mol. The SMILES string of the molecule is CC(C)(CC(=N)N)C(Cl)CC(Cl)(Cl)Cl. The largest absolute Gasteiger partial charge is 0.388 e. The topological polar surface area (TPSA) is 49.9 Å². The minimum atomic E-state index is -1.36. The standard InChI is InChI=1S/C8H14Cl4N2/c1-7(2,4-6(13)14)5(9)3-8(10,11)12/h5H,3-4H2,1-2H3,(H3,13,14). The molecule has 2 nitrogen and oxygen atoms in total. The van der Waals surface area contributed by atoms with Crippen LogP contribution in [-0.2, 0) is 0 Å². The van der Waals surface area contributed by atoms with Crippen molar-refractivity contribution >= 4 is 52.2 Å². The first-order chi connectivity index (χ1) is 6.04. The Morgan fingerprint density at radius 3 is 2.07 bits per heavy atom. The van der Waals surface area contributed by atoms with Crippen LogP contribution in [0.5, 0.6) is 0 Å². The van der Waals surface area contributed by atoms with Gasteiger partial charge in [-0.3, -0.25) is 5.41 Å². The second-order valence-electron chi connectivity index (χ2n) is 3.98. The van der Waals surface area contributed by atoms with Crippen LogP contribution < -0.4 is 5.73 Å². The van der Waals surface area contributed by atoms with Gasteiger partial charge in [-0.25, -0.2) is 0 Å². The third-order valence-corrected chi connectivity index (χ3v) is 3.11. The summed E-state index contributed by atoms with van der Waals surface area (Å²) in [6.07, 6.45) is 0.626. The molecule has 0 aliphatic heterocycles. The van der Waals surface area contributed by atoms with Crippen molar-refractivity contribution in [2.75, 3.05) is 0 Å². The van der Waals surface area contributed by atoms with E-state index in [2.05, 4.69) is 0 Å². The highest BCUT2D eigenvalue weighted by molar-refractivity contribution is 6.67. The molecule has 6 heteroatoms. The van der Waals surface area contributed by atoms with Crippen molar-refractivity contribution in [2.24, 2.45) is 11.1 Å². The molecule has 0 saturated heterocycles. The van der Waals surface area contributed by atoms with Gasteiger partial charge in [0, 0.05) is 18.2 Å². The zero-order chi connectivity index (χ0) is 11.6. The summed E-state index contributed by atoms with van der Waals surface area (Å²) in [5.41, 5.74) is 4.96. The van der Waals surface area contributed by atoms with Gasteiger partial charge in [0.25, 0.3) is 0 Å². The van der Waals surface area contributed by atoms with Crippen LogP contribution in [0.4, 0.5) is 0 Å². The number of hydrogen-bond acceptors (Lipinski definition) is 1. The Hall–Kier alpha value is 0.630. The molecular weight excluding hydrogens is 266 g/mol. The van der Waals surface area contributed by atoms with Crippen molar-refractivity contribution in [3.05, 3.63) is 0 Å². The fourth-order valence-corrected chi connectivity index (χ4v) is 2.09. The van der Waals surface area contributed by atoms with E-state index in [0.29, 0.717) is 6.42 Å². The van der Waals surface area contributed by atoms with E-state index in [1.54, 1.807) is 0 Å². The van der Waals surface area contributed by atoms with Crippen molar-refractivity contribution in [3.8, 4) is 0 Å². The Morgan fingerprint density at radius 1 is 1.36 bits per heavy atom. The maximum atomic E-state index is 7.19. The summed E-state index contributed by atoms with van der Waals surface area (Å²) in [5, 5.41) is 6.86. The van der Waals surface area contributed by atoms with Crippen LogP contribution in [0.1, 0.15) is 26.7 Å². The van der Waals surface area contributed by atoms with Gasteiger partial charge in [0.05, 0.1) is 5.84 Å². The van der Waals surface area contributed by atoms with Crippen LogP contribution in [-0.4, -0.2) is 15.0 Å². The molecule has 84 valence electrons. The molecule has 0 aromatic carbocycles. The first-order valence-electron chi connectivity index (χ1n) is 4.08. The minimum Gasteiger partial charge on any atom is -0.388 e. The zero-order valence-corrected chi connectivity index (χ0v) is 11.1. The molecule has 1 unspecified atom stereocenters. The Morgan fingerprint density at radius 2 is 1.79 bits per heavy atom. The fraction of sp³-hybridized carbons (Fsp3) is 0.875. The predicted octanol–water partition coefficient (Wildman–Crippen LogP) is 3.71. The molecule has 0 aliphatic carbocycles. The smallest absolute Gasteiger partial charge is 0.192 e. The lowest BCUT2D eigenvalue weighted by molar-refractivity contribution is 0.347. The van der Waals surface area contributed by atoms with E-state index in [9.17, 15) is 0 Å². The van der Waals surface area contributed by atoms with Gasteiger partial charge in [-0.15, -0.1) is 11.6 Å². The highest BCUT2D eigenvalue weighted by Crippen LogP contribution is 2.40. The lowest BCUT2D eigenvalue weighted by atomic mass is 9.83.